The fourth-order valence-corrected chi connectivity index (χ4v) is 4.16. The number of hydrogen-bond donors (Lipinski definition) is 1. The standard InChI is InChI=1S/C15H8N4O3S2/c20-13(7-3-9-14(16-4-7)22-6-21-9)19-15-18-8-1-2-10-11(12(8)24-15)17-5-23-10/h1-5H,6H2,(H,18,19,20). The monoisotopic (exact) mass is 356 g/mol. The third kappa shape index (κ3) is 2.09. The molecule has 3 aromatic heterocycles. The van der Waals surface area contributed by atoms with Crippen molar-refractivity contribution in [3.05, 3.63) is 35.5 Å². The molecule has 5 rings (SSSR count). The van der Waals surface area contributed by atoms with E-state index in [0.29, 0.717) is 22.3 Å². The van der Waals surface area contributed by atoms with Gasteiger partial charge in [0.1, 0.15) is 5.52 Å². The van der Waals surface area contributed by atoms with Crippen LogP contribution in [0.25, 0.3) is 20.4 Å². The molecule has 0 aliphatic carbocycles. The number of amides is 1. The van der Waals surface area contributed by atoms with Crippen molar-refractivity contribution in [3.63, 3.8) is 0 Å². The first-order chi connectivity index (χ1) is 11.8. The fraction of sp³-hybridized carbons (Fsp3) is 0.0667. The van der Waals surface area contributed by atoms with Gasteiger partial charge in [0, 0.05) is 12.3 Å². The first-order valence-electron chi connectivity index (χ1n) is 6.98. The van der Waals surface area contributed by atoms with Crippen molar-refractivity contribution in [1.29, 1.82) is 0 Å². The Kier molecular flexibility index (Phi) is 2.91. The quantitative estimate of drug-likeness (QED) is 0.593. The Morgan fingerprint density at radius 1 is 1.25 bits per heavy atom. The fourth-order valence-electron chi connectivity index (χ4n) is 2.45. The Morgan fingerprint density at radius 3 is 3.17 bits per heavy atom. The van der Waals surface area contributed by atoms with Crippen molar-refractivity contribution in [2.75, 3.05) is 12.1 Å². The van der Waals surface area contributed by atoms with Crippen molar-refractivity contribution in [1.82, 2.24) is 15.0 Å². The lowest BCUT2D eigenvalue weighted by Crippen LogP contribution is -2.11. The second-order valence-electron chi connectivity index (χ2n) is 5.02. The van der Waals surface area contributed by atoms with E-state index in [1.165, 1.54) is 17.5 Å². The Bertz CT molecular complexity index is 1100. The van der Waals surface area contributed by atoms with Crippen LogP contribution in [-0.2, 0) is 0 Å². The number of benzene rings is 1. The van der Waals surface area contributed by atoms with Crippen molar-refractivity contribution in [2.24, 2.45) is 0 Å². The van der Waals surface area contributed by atoms with E-state index < -0.39 is 0 Å². The Balaban J connectivity index is 1.48. The third-order valence-corrected chi connectivity index (χ3v) is 5.35. The second kappa shape index (κ2) is 5.11. The maximum absolute atomic E-state index is 12.4. The number of ether oxygens (including phenoxy) is 2. The van der Waals surface area contributed by atoms with E-state index in [4.69, 9.17) is 9.47 Å². The van der Waals surface area contributed by atoms with Gasteiger partial charge in [0.05, 0.1) is 26.0 Å². The summed E-state index contributed by atoms with van der Waals surface area (Å²) in [7, 11) is 0. The van der Waals surface area contributed by atoms with E-state index in [-0.39, 0.29) is 12.7 Å². The van der Waals surface area contributed by atoms with E-state index in [2.05, 4.69) is 20.3 Å². The summed E-state index contributed by atoms with van der Waals surface area (Å²) in [6, 6.07) is 5.53. The molecule has 4 aromatic rings. The molecule has 7 nitrogen and oxygen atoms in total. The SMILES string of the molecule is O=C(Nc1nc2ccc3scnc3c2s1)c1cnc2c(c1)OCO2. The van der Waals surface area contributed by atoms with E-state index in [9.17, 15) is 4.79 Å². The molecule has 0 spiro atoms. The summed E-state index contributed by atoms with van der Waals surface area (Å²) in [6.07, 6.45) is 1.45. The van der Waals surface area contributed by atoms with Crippen LogP contribution in [0.2, 0.25) is 0 Å². The van der Waals surface area contributed by atoms with Gasteiger partial charge < -0.3 is 9.47 Å². The van der Waals surface area contributed by atoms with Gasteiger partial charge in [-0.15, -0.1) is 11.3 Å². The van der Waals surface area contributed by atoms with Gasteiger partial charge >= 0.3 is 0 Å². The number of pyridine rings is 1. The van der Waals surface area contributed by atoms with Crippen LogP contribution in [0.5, 0.6) is 11.6 Å². The highest BCUT2D eigenvalue weighted by Crippen LogP contribution is 2.34. The number of fused-ring (bicyclic) bond motifs is 4. The molecule has 0 bridgehead atoms. The molecular weight excluding hydrogens is 348 g/mol. The molecule has 0 atom stereocenters. The van der Waals surface area contributed by atoms with Gasteiger partial charge in [-0.25, -0.2) is 15.0 Å². The Morgan fingerprint density at radius 2 is 2.21 bits per heavy atom. The van der Waals surface area contributed by atoms with Crippen LogP contribution >= 0.6 is 22.7 Å². The number of thiazole rings is 2. The van der Waals surface area contributed by atoms with Crippen LogP contribution in [-0.4, -0.2) is 27.7 Å². The summed E-state index contributed by atoms with van der Waals surface area (Å²) in [6.45, 7) is 0.120. The molecule has 1 aliphatic heterocycles. The first-order valence-corrected chi connectivity index (χ1v) is 8.67. The highest BCUT2D eigenvalue weighted by Gasteiger charge is 2.19. The molecule has 0 unspecified atom stereocenters. The number of carbonyl (C=O) groups excluding carboxylic acids is 1. The van der Waals surface area contributed by atoms with Crippen molar-refractivity contribution < 1.29 is 14.3 Å². The van der Waals surface area contributed by atoms with Gasteiger partial charge in [-0.05, 0) is 12.1 Å². The largest absolute Gasteiger partial charge is 0.452 e. The molecule has 1 amide bonds. The molecule has 24 heavy (non-hydrogen) atoms. The molecule has 0 fully saturated rings. The maximum atomic E-state index is 12.4. The third-order valence-electron chi connectivity index (χ3n) is 3.57. The van der Waals surface area contributed by atoms with Crippen molar-refractivity contribution >= 4 is 54.1 Å². The number of hydrogen-bond acceptors (Lipinski definition) is 8. The molecule has 1 N–H and O–H groups in total. The summed E-state index contributed by atoms with van der Waals surface area (Å²) in [5.74, 6) is 0.572. The normalized spacial score (nSPS) is 12.8. The number of nitrogens with zero attached hydrogens (tertiary/aromatic N) is 3. The minimum Gasteiger partial charge on any atom is -0.452 e. The molecule has 1 aromatic carbocycles. The molecule has 1 aliphatic rings. The zero-order chi connectivity index (χ0) is 16.1. The topological polar surface area (TPSA) is 86.2 Å². The molecule has 9 heteroatoms. The van der Waals surface area contributed by atoms with Crippen molar-refractivity contribution in [2.45, 2.75) is 0 Å². The average Bonchev–Trinajstić information content (AvgIpc) is 3.31. The summed E-state index contributed by atoms with van der Waals surface area (Å²) >= 11 is 2.98. The van der Waals surface area contributed by atoms with E-state index in [0.717, 1.165) is 20.4 Å². The van der Waals surface area contributed by atoms with E-state index in [1.807, 2.05) is 12.1 Å². The van der Waals surface area contributed by atoms with Gasteiger partial charge in [0.2, 0.25) is 6.79 Å². The van der Waals surface area contributed by atoms with Crippen LogP contribution in [0.3, 0.4) is 0 Å². The lowest BCUT2D eigenvalue weighted by molar-refractivity contribution is 0.102. The molecule has 4 heterocycles. The van der Waals surface area contributed by atoms with Gasteiger partial charge in [0.25, 0.3) is 11.8 Å². The number of nitrogens with one attached hydrogen (secondary N) is 1. The first kappa shape index (κ1) is 13.6. The summed E-state index contributed by atoms with van der Waals surface area (Å²) in [5, 5.41) is 3.32. The predicted octanol–water partition coefficient (Wildman–Crippen LogP) is 3.28. The zero-order valence-electron chi connectivity index (χ0n) is 12.0. The Labute approximate surface area is 142 Å². The average molecular weight is 356 g/mol. The summed E-state index contributed by atoms with van der Waals surface area (Å²) in [4.78, 5) is 25.3. The van der Waals surface area contributed by atoms with Gasteiger partial charge in [-0.2, -0.15) is 0 Å². The van der Waals surface area contributed by atoms with Crippen molar-refractivity contribution in [3.8, 4) is 11.6 Å². The number of anilines is 1. The van der Waals surface area contributed by atoms with E-state index >= 15 is 0 Å². The second-order valence-corrected chi connectivity index (χ2v) is 6.91. The van der Waals surface area contributed by atoms with Crippen LogP contribution in [0.4, 0.5) is 5.13 Å². The lowest BCUT2D eigenvalue weighted by atomic mass is 10.2. The van der Waals surface area contributed by atoms with Crippen LogP contribution in [0.15, 0.2) is 29.9 Å². The Hall–Kier alpha value is -2.78. The minimum absolute atomic E-state index is 0.120. The lowest BCUT2D eigenvalue weighted by Gasteiger charge is -2.02. The summed E-state index contributed by atoms with van der Waals surface area (Å²) < 4.78 is 12.5. The maximum Gasteiger partial charge on any atom is 0.260 e. The van der Waals surface area contributed by atoms with E-state index in [1.54, 1.807) is 22.9 Å². The van der Waals surface area contributed by atoms with Crippen LogP contribution in [0, 0.1) is 0 Å². The molecule has 0 saturated carbocycles. The number of aromatic nitrogens is 3. The van der Waals surface area contributed by atoms with Crippen LogP contribution in [0.1, 0.15) is 10.4 Å². The van der Waals surface area contributed by atoms with Gasteiger partial charge in [0.15, 0.2) is 10.9 Å². The molecule has 0 saturated heterocycles. The zero-order valence-corrected chi connectivity index (χ0v) is 13.6. The minimum atomic E-state index is -0.297. The molecule has 0 radical (unpaired) electrons. The number of carbonyl (C=O) groups is 1. The number of rotatable bonds is 2. The van der Waals surface area contributed by atoms with Crippen LogP contribution < -0.4 is 14.8 Å². The van der Waals surface area contributed by atoms with Gasteiger partial charge in [-0.3, -0.25) is 10.1 Å². The highest BCUT2D eigenvalue weighted by atomic mass is 32.1. The predicted molar refractivity (Wildman–Crippen MR) is 91.1 cm³/mol. The smallest absolute Gasteiger partial charge is 0.260 e. The summed E-state index contributed by atoms with van der Waals surface area (Å²) in [5.41, 5.74) is 3.93. The van der Waals surface area contributed by atoms with Gasteiger partial charge in [-0.1, -0.05) is 11.3 Å². The molecular formula is C15H8N4O3S2. The molecule has 118 valence electrons. The highest BCUT2D eigenvalue weighted by molar-refractivity contribution is 7.24.